The number of ketones is 2. The fourth-order valence-corrected chi connectivity index (χ4v) is 4.75. The van der Waals surface area contributed by atoms with Crippen LogP contribution in [0.4, 0.5) is 0 Å². The molecule has 156 valence electrons. The van der Waals surface area contributed by atoms with Crippen LogP contribution in [0, 0.1) is 17.8 Å². The molecule has 3 aromatic rings. The van der Waals surface area contributed by atoms with E-state index in [4.69, 9.17) is 0 Å². The first-order valence-corrected chi connectivity index (χ1v) is 11.1. The van der Waals surface area contributed by atoms with Crippen molar-refractivity contribution in [1.82, 2.24) is 0 Å². The van der Waals surface area contributed by atoms with Crippen molar-refractivity contribution < 1.29 is 9.59 Å². The zero-order valence-electron chi connectivity index (χ0n) is 17.7. The van der Waals surface area contributed by atoms with E-state index in [1.807, 2.05) is 78.9 Å². The maximum absolute atomic E-state index is 13.6. The Morgan fingerprint density at radius 3 is 1.97 bits per heavy atom. The average molecular weight is 409 g/mol. The fourth-order valence-electron chi connectivity index (χ4n) is 4.75. The number of carbonyl (C=O) groups is 2. The summed E-state index contributed by atoms with van der Waals surface area (Å²) in [7, 11) is 0. The topological polar surface area (TPSA) is 34.1 Å². The standard InChI is InChI=1S/C29H28O2/c30-27(23-13-6-2-7-14-23)21-26-18-10-17-24(20-19-22-11-4-1-5-12-22)28(26)29(31)25-15-8-3-9-16-25/h1-9,11-16,19-20,24,26,28H,10,17-18,21H2/b20-19+/t24-,26+,28-/m1/s1. The van der Waals surface area contributed by atoms with Crippen LogP contribution in [0.2, 0.25) is 0 Å². The maximum Gasteiger partial charge on any atom is 0.166 e. The van der Waals surface area contributed by atoms with E-state index in [9.17, 15) is 9.59 Å². The van der Waals surface area contributed by atoms with E-state index in [-0.39, 0.29) is 29.3 Å². The van der Waals surface area contributed by atoms with Crippen LogP contribution in [-0.2, 0) is 0 Å². The Morgan fingerprint density at radius 1 is 0.742 bits per heavy atom. The molecule has 0 bridgehead atoms. The maximum atomic E-state index is 13.6. The first kappa shape index (κ1) is 21.0. The Kier molecular flexibility index (Phi) is 6.89. The molecule has 3 aromatic carbocycles. The SMILES string of the molecule is O=C(C[C@@H]1CCC[C@H](/C=C/c2ccccc2)[C@H]1C(=O)c1ccccc1)c1ccccc1. The molecule has 0 amide bonds. The van der Waals surface area contributed by atoms with Gasteiger partial charge in [-0.2, -0.15) is 0 Å². The van der Waals surface area contributed by atoms with E-state index < -0.39 is 0 Å². The first-order chi connectivity index (χ1) is 15.2. The number of benzene rings is 3. The highest BCUT2D eigenvalue weighted by atomic mass is 16.1. The third kappa shape index (κ3) is 5.27. The van der Waals surface area contributed by atoms with Gasteiger partial charge in [-0.05, 0) is 30.2 Å². The van der Waals surface area contributed by atoms with E-state index >= 15 is 0 Å². The van der Waals surface area contributed by atoms with Crippen molar-refractivity contribution in [2.45, 2.75) is 25.7 Å². The molecule has 31 heavy (non-hydrogen) atoms. The molecule has 0 radical (unpaired) electrons. The number of allylic oxidation sites excluding steroid dienone is 1. The molecule has 1 saturated carbocycles. The summed E-state index contributed by atoms with van der Waals surface area (Å²) in [6.45, 7) is 0. The second-order valence-corrected chi connectivity index (χ2v) is 8.37. The lowest BCUT2D eigenvalue weighted by atomic mass is 9.67. The average Bonchev–Trinajstić information content (AvgIpc) is 2.84. The Balaban J connectivity index is 1.61. The zero-order valence-corrected chi connectivity index (χ0v) is 17.7. The van der Waals surface area contributed by atoms with Crippen molar-refractivity contribution in [3.05, 3.63) is 114 Å². The highest BCUT2D eigenvalue weighted by Crippen LogP contribution is 2.40. The second kappa shape index (κ2) is 10.2. The minimum Gasteiger partial charge on any atom is -0.294 e. The molecular weight excluding hydrogens is 380 g/mol. The van der Waals surface area contributed by atoms with Crippen LogP contribution in [0.5, 0.6) is 0 Å². The van der Waals surface area contributed by atoms with Crippen LogP contribution in [-0.4, -0.2) is 11.6 Å². The largest absolute Gasteiger partial charge is 0.294 e. The van der Waals surface area contributed by atoms with Crippen LogP contribution >= 0.6 is 0 Å². The van der Waals surface area contributed by atoms with E-state index in [1.54, 1.807) is 0 Å². The molecule has 0 heterocycles. The van der Waals surface area contributed by atoms with Crippen molar-refractivity contribution in [1.29, 1.82) is 0 Å². The van der Waals surface area contributed by atoms with Gasteiger partial charge in [-0.15, -0.1) is 0 Å². The lowest BCUT2D eigenvalue weighted by molar-refractivity contribution is 0.0725. The van der Waals surface area contributed by atoms with Gasteiger partial charge >= 0.3 is 0 Å². The normalized spacial score (nSPS) is 21.1. The van der Waals surface area contributed by atoms with Gasteiger partial charge in [0.15, 0.2) is 11.6 Å². The van der Waals surface area contributed by atoms with Gasteiger partial charge in [0.1, 0.15) is 0 Å². The lowest BCUT2D eigenvalue weighted by Gasteiger charge is -2.36. The van der Waals surface area contributed by atoms with Gasteiger partial charge in [-0.25, -0.2) is 0 Å². The van der Waals surface area contributed by atoms with Crippen molar-refractivity contribution in [2.75, 3.05) is 0 Å². The summed E-state index contributed by atoms with van der Waals surface area (Å²) in [5, 5.41) is 0. The second-order valence-electron chi connectivity index (χ2n) is 8.37. The molecule has 0 aliphatic heterocycles. The van der Waals surface area contributed by atoms with Crippen LogP contribution in [0.15, 0.2) is 97.1 Å². The summed E-state index contributed by atoms with van der Waals surface area (Å²) in [5.74, 6) is 0.302. The van der Waals surface area contributed by atoms with Gasteiger partial charge in [0.2, 0.25) is 0 Å². The number of hydrogen-bond donors (Lipinski definition) is 0. The molecule has 4 rings (SSSR count). The molecule has 1 fully saturated rings. The Labute approximate surface area is 184 Å². The molecule has 1 aliphatic rings. The Bertz CT molecular complexity index is 1020. The molecule has 0 spiro atoms. The van der Waals surface area contributed by atoms with Crippen molar-refractivity contribution >= 4 is 17.6 Å². The highest BCUT2D eigenvalue weighted by molar-refractivity contribution is 6.00. The summed E-state index contributed by atoms with van der Waals surface area (Å²) in [6, 6.07) is 29.2. The summed E-state index contributed by atoms with van der Waals surface area (Å²) in [6.07, 6.45) is 7.66. The minimum atomic E-state index is -0.177. The molecule has 0 N–H and O–H groups in total. The van der Waals surface area contributed by atoms with E-state index in [0.717, 1.165) is 36.0 Å². The molecule has 0 saturated heterocycles. The molecule has 0 unspecified atom stereocenters. The highest BCUT2D eigenvalue weighted by Gasteiger charge is 2.38. The first-order valence-electron chi connectivity index (χ1n) is 11.1. The predicted molar refractivity (Wildman–Crippen MR) is 126 cm³/mol. The van der Waals surface area contributed by atoms with E-state index in [1.165, 1.54) is 0 Å². The fraction of sp³-hybridized carbons (Fsp3) is 0.241. The van der Waals surface area contributed by atoms with Gasteiger partial charge in [0.05, 0.1) is 0 Å². The van der Waals surface area contributed by atoms with Crippen LogP contribution in [0.25, 0.3) is 6.08 Å². The third-order valence-electron chi connectivity index (χ3n) is 6.32. The molecule has 0 aromatic heterocycles. The summed E-state index contributed by atoms with van der Waals surface area (Å²) in [4.78, 5) is 26.6. The van der Waals surface area contributed by atoms with Crippen molar-refractivity contribution in [3.63, 3.8) is 0 Å². The van der Waals surface area contributed by atoms with Gasteiger partial charge in [-0.1, -0.05) is 110 Å². The molecule has 2 nitrogen and oxygen atoms in total. The van der Waals surface area contributed by atoms with Crippen molar-refractivity contribution in [2.24, 2.45) is 17.8 Å². The lowest BCUT2D eigenvalue weighted by Crippen LogP contribution is -2.35. The summed E-state index contributed by atoms with van der Waals surface area (Å²) < 4.78 is 0. The number of rotatable bonds is 7. The monoisotopic (exact) mass is 408 g/mol. The molecule has 2 heteroatoms. The summed E-state index contributed by atoms with van der Waals surface area (Å²) in [5.41, 5.74) is 2.61. The third-order valence-corrected chi connectivity index (χ3v) is 6.32. The number of carbonyl (C=O) groups excluding carboxylic acids is 2. The van der Waals surface area contributed by atoms with Crippen LogP contribution in [0.3, 0.4) is 0 Å². The molecular formula is C29H28O2. The van der Waals surface area contributed by atoms with Crippen molar-refractivity contribution in [3.8, 4) is 0 Å². The number of hydrogen-bond acceptors (Lipinski definition) is 2. The molecule has 1 aliphatic carbocycles. The smallest absolute Gasteiger partial charge is 0.166 e. The van der Waals surface area contributed by atoms with E-state index in [0.29, 0.717) is 6.42 Å². The number of Topliss-reactive ketones (excluding diaryl/α,β-unsaturated/α-hetero) is 2. The van der Waals surface area contributed by atoms with Gasteiger partial charge in [0, 0.05) is 23.5 Å². The molecule has 3 atom stereocenters. The van der Waals surface area contributed by atoms with Gasteiger partial charge in [0.25, 0.3) is 0 Å². The predicted octanol–water partition coefficient (Wildman–Crippen LogP) is 6.89. The summed E-state index contributed by atoms with van der Waals surface area (Å²) >= 11 is 0. The quantitative estimate of drug-likeness (QED) is 0.399. The van der Waals surface area contributed by atoms with Crippen LogP contribution in [0.1, 0.15) is 52.0 Å². The van der Waals surface area contributed by atoms with E-state index in [2.05, 4.69) is 24.3 Å². The Hall–Kier alpha value is -3.26. The van der Waals surface area contributed by atoms with Crippen LogP contribution < -0.4 is 0 Å². The zero-order chi connectivity index (χ0) is 21.5. The minimum absolute atomic E-state index is 0.0552. The van der Waals surface area contributed by atoms with Gasteiger partial charge < -0.3 is 0 Å². The van der Waals surface area contributed by atoms with Gasteiger partial charge in [-0.3, -0.25) is 9.59 Å². The Morgan fingerprint density at radius 2 is 1.32 bits per heavy atom.